The molecule has 1 saturated heterocycles. The number of nitrogens with two attached hydrogens (primary N) is 1. The van der Waals surface area contributed by atoms with Crippen LogP contribution in [0.1, 0.15) is 13.2 Å². The van der Waals surface area contributed by atoms with Crippen molar-refractivity contribution < 1.29 is 14.9 Å². The fourth-order valence-electron chi connectivity index (χ4n) is 2.54. The highest BCUT2D eigenvalue weighted by Crippen LogP contribution is 2.45. The summed E-state index contributed by atoms with van der Waals surface area (Å²) in [6.07, 6.45) is 1.16. The summed E-state index contributed by atoms with van der Waals surface area (Å²) in [4.78, 5) is 8.16. The molecule has 3 rings (SSSR count). The van der Waals surface area contributed by atoms with Crippen LogP contribution < -0.4 is 5.73 Å². The summed E-state index contributed by atoms with van der Waals surface area (Å²) in [6.45, 7) is 1.56. The third kappa shape index (κ3) is 1.83. The molecule has 0 aliphatic carbocycles. The molecule has 108 valence electrons. The summed E-state index contributed by atoms with van der Waals surface area (Å²) in [5.74, 6) is 0.391. The molecule has 0 amide bonds. The Balaban J connectivity index is 2.10. The zero-order valence-corrected chi connectivity index (χ0v) is 12.4. The van der Waals surface area contributed by atoms with E-state index in [0.29, 0.717) is 11.5 Å². The summed E-state index contributed by atoms with van der Waals surface area (Å²) in [6, 6.07) is 1.80. The number of fused-ring (bicyclic) bond motifs is 1. The maximum Gasteiger partial charge on any atom is 0.153 e. The number of alkyl halides is 1. The predicted octanol–water partition coefficient (Wildman–Crippen LogP) is 0.418. The molecule has 20 heavy (non-hydrogen) atoms. The van der Waals surface area contributed by atoms with Gasteiger partial charge in [-0.05, 0) is 13.0 Å². The fraction of sp³-hybridized carbons (Fsp3) is 0.500. The van der Waals surface area contributed by atoms with E-state index in [1.54, 1.807) is 16.8 Å². The molecule has 4 N–H and O–H groups in total. The molecular formula is C12H15BrN4O3. The van der Waals surface area contributed by atoms with E-state index in [1.807, 2.05) is 6.92 Å². The standard InChI is InChI=1S/C12H15BrN4O3/c1-12(13)8(19)7(4-18)20-11(12)17-3-2-6-9(14)15-5-16-10(6)17/h2-3,5,7-8,11,18-19H,4H2,1H3,(H2,14,15,16)/t7?,8?,11-,12-/m1/s1. The van der Waals surface area contributed by atoms with Crippen molar-refractivity contribution in [1.29, 1.82) is 0 Å². The molecule has 1 fully saturated rings. The summed E-state index contributed by atoms with van der Waals surface area (Å²) in [7, 11) is 0. The third-order valence-electron chi connectivity index (χ3n) is 3.69. The molecule has 8 heteroatoms. The van der Waals surface area contributed by atoms with Gasteiger partial charge in [-0.1, -0.05) is 15.9 Å². The van der Waals surface area contributed by atoms with Gasteiger partial charge in [0.1, 0.15) is 30.0 Å². The lowest BCUT2D eigenvalue weighted by molar-refractivity contribution is -0.0437. The molecule has 2 aromatic heterocycles. The Hall–Kier alpha value is -1.22. The Bertz CT molecular complexity index is 645. The molecule has 0 radical (unpaired) electrons. The highest BCUT2D eigenvalue weighted by atomic mass is 79.9. The van der Waals surface area contributed by atoms with E-state index in [4.69, 9.17) is 10.5 Å². The topological polar surface area (TPSA) is 106 Å². The van der Waals surface area contributed by atoms with Gasteiger partial charge in [-0.3, -0.25) is 0 Å². The number of aliphatic hydroxyl groups excluding tert-OH is 2. The number of anilines is 1. The van der Waals surface area contributed by atoms with Crippen LogP contribution in [0.2, 0.25) is 0 Å². The van der Waals surface area contributed by atoms with Crippen LogP contribution in [-0.2, 0) is 4.74 Å². The summed E-state index contributed by atoms with van der Waals surface area (Å²) < 4.78 is 6.78. The van der Waals surface area contributed by atoms with Gasteiger partial charge in [0, 0.05) is 6.20 Å². The molecule has 2 aromatic rings. The van der Waals surface area contributed by atoms with Crippen LogP contribution in [0.5, 0.6) is 0 Å². The number of aromatic nitrogens is 3. The van der Waals surface area contributed by atoms with E-state index >= 15 is 0 Å². The maximum absolute atomic E-state index is 10.2. The van der Waals surface area contributed by atoms with Crippen molar-refractivity contribution in [3.8, 4) is 0 Å². The first-order valence-corrected chi connectivity index (χ1v) is 6.96. The van der Waals surface area contributed by atoms with Crippen LogP contribution in [0.25, 0.3) is 11.0 Å². The number of halogens is 1. The first-order chi connectivity index (χ1) is 9.46. The van der Waals surface area contributed by atoms with Gasteiger partial charge < -0.3 is 25.3 Å². The maximum atomic E-state index is 10.2. The monoisotopic (exact) mass is 342 g/mol. The summed E-state index contributed by atoms with van der Waals surface area (Å²) in [5, 5.41) is 20.2. The molecule has 1 aliphatic heterocycles. The fourth-order valence-corrected chi connectivity index (χ4v) is 3.17. The van der Waals surface area contributed by atoms with Gasteiger partial charge in [0.25, 0.3) is 0 Å². The van der Waals surface area contributed by atoms with Gasteiger partial charge in [-0.25, -0.2) is 9.97 Å². The Morgan fingerprint density at radius 2 is 2.30 bits per heavy atom. The molecular weight excluding hydrogens is 328 g/mol. The first kappa shape index (κ1) is 13.7. The average molecular weight is 343 g/mol. The highest BCUT2D eigenvalue weighted by molar-refractivity contribution is 9.10. The van der Waals surface area contributed by atoms with Crippen LogP contribution in [0, 0.1) is 0 Å². The van der Waals surface area contributed by atoms with E-state index in [0.717, 1.165) is 5.39 Å². The first-order valence-electron chi connectivity index (χ1n) is 6.17. The Morgan fingerprint density at radius 1 is 1.55 bits per heavy atom. The number of nitrogens with zero attached hydrogens (tertiary/aromatic N) is 3. The number of ether oxygens (including phenoxy) is 1. The van der Waals surface area contributed by atoms with Crippen molar-refractivity contribution in [2.24, 2.45) is 0 Å². The predicted molar refractivity (Wildman–Crippen MR) is 76.3 cm³/mol. The quantitative estimate of drug-likeness (QED) is 0.683. The smallest absolute Gasteiger partial charge is 0.153 e. The molecule has 0 saturated carbocycles. The second-order valence-electron chi connectivity index (χ2n) is 5.02. The van der Waals surface area contributed by atoms with Crippen molar-refractivity contribution in [2.45, 2.75) is 29.7 Å². The molecule has 1 aliphatic rings. The average Bonchev–Trinajstić information content (AvgIpc) is 2.92. The zero-order chi connectivity index (χ0) is 14.5. The van der Waals surface area contributed by atoms with Crippen molar-refractivity contribution in [2.75, 3.05) is 12.3 Å². The summed E-state index contributed by atoms with van der Waals surface area (Å²) in [5.41, 5.74) is 6.43. The number of hydrogen-bond donors (Lipinski definition) is 3. The van der Waals surface area contributed by atoms with Gasteiger partial charge >= 0.3 is 0 Å². The molecule has 3 heterocycles. The SMILES string of the molecule is C[C@@]1(Br)C(O)C(CO)O[C@H]1n1ccc2c(N)ncnc21. The van der Waals surface area contributed by atoms with Crippen LogP contribution >= 0.6 is 15.9 Å². The lowest BCUT2D eigenvalue weighted by Crippen LogP contribution is -2.39. The molecule has 2 unspecified atom stereocenters. The Kier molecular flexibility index (Phi) is 3.20. The number of rotatable bonds is 2. The third-order valence-corrected chi connectivity index (χ3v) is 4.55. The lowest BCUT2D eigenvalue weighted by Gasteiger charge is -2.27. The van der Waals surface area contributed by atoms with E-state index < -0.39 is 22.8 Å². The normalized spacial score (nSPS) is 33.9. The Morgan fingerprint density at radius 3 is 2.95 bits per heavy atom. The molecule has 4 atom stereocenters. The molecule has 7 nitrogen and oxygen atoms in total. The summed E-state index contributed by atoms with van der Waals surface area (Å²) >= 11 is 3.50. The lowest BCUT2D eigenvalue weighted by atomic mass is 10.0. The minimum absolute atomic E-state index is 0.255. The zero-order valence-electron chi connectivity index (χ0n) is 10.8. The minimum Gasteiger partial charge on any atom is -0.394 e. The van der Waals surface area contributed by atoms with Gasteiger partial charge in [-0.15, -0.1) is 0 Å². The van der Waals surface area contributed by atoms with Gasteiger partial charge in [0.2, 0.25) is 0 Å². The van der Waals surface area contributed by atoms with E-state index in [9.17, 15) is 10.2 Å². The van der Waals surface area contributed by atoms with Crippen LogP contribution in [0.15, 0.2) is 18.6 Å². The number of nitrogen functional groups attached to an aromatic ring is 1. The highest BCUT2D eigenvalue weighted by Gasteiger charge is 2.52. The number of hydrogen-bond acceptors (Lipinski definition) is 6. The molecule has 0 aromatic carbocycles. The van der Waals surface area contributed by atoms with Crippen LogP contribution in [-0.4, -0.2) is 47.9 Å². The van der Waals surface area contributed by atoms with Crippen molar-refractivity contribution >= 4 is 32.8 Å². The number of aliphatic hydroxyl groups is 2. The van der Waals surface area contributed by atoms with Crippen molar-refractivity contribution in [3.63, 3.8) is 0 Å². The molecule has 0 bridgehead atoms. The van der Waals surface area contributed by atoms with E-state index in [1.165, 1.54) is 6.33 Å². The van der Waals surface area contributed by atoms with E-state index in [2.05, 4.69) is 25.9 Å². The van der Waals surface area contributed by atoms with Crippen molar-refractivity contribution in [1.82, 2.24) is 14.5 Å². The van der Waals surface area contributed by atoms with Gasteiger partial charge in [0.05, 0.1) is 16.3 Å². The minimum atomic E-state index is -0.839. The van der Waals surface area contributed by atoms with Gasteiger partial charge in [0.15, 0.2) is 6.23 Å². The van der Waals surface area contributed by atoms with Gasteiger partial charge in [-0.2, -0.15) is 0 Å². The van der Waals surface area contributed by atoms with Crippen molar-refractivity contribution in [3.05, 3.63) is 18.6 Å². The van der Waals surface area contributed by atoms with Crippen LogP contribution in [0.3, 0.4) is 0 Å². The molecule has 0 spiro atoms. The largest absolute Gasteiger partial charge is 0.394 e. The second kappa shape index (κ2) is 4.66. The Labute approximate surface area is 123 Å². The second-order valence-corrected chi connectivity index (χ2v) is 6.73. The van der Waals surface area contributed by atoms with E-state index in [-0.39, 0.29) is 6.61 Å². The van der Waals surface area contributed by atoms with Crippen LogP contribution in [0.4, 0.5) is 5.82 Å².